The van der Waals surface area contributed by atoms with Crippen LogP contribution in [-0.2, 0) is 0 Å². The first-order valence-corrected chi connectivity index (χ1v) is 5.92. The van der Waals surface area contributed by atoms with E-state index in [0.717, 1.165) is 6.42 Å². The Hall–Kier alpha value is -1.40. The van der Waals surface area contributed by atoms with E-state index in [4.69, 9.17) is 0 Å². The van der Waals surface area contributed by atoms with E-state index >= 15 is 0 Å². The van der Waals surface area contributed by atoms with Crippen LogP contribution in [0.25, 0.3) is 0 Å². The van der Waals surface area contributed by atoms with Gasteiger partial charge in [-0.2, -0.15) is 5.26 Å². The fraction of sp³-hybridized carbons (Fsp3) is 0.500. The van der Waals surface area contributed by atoms with Crippen molar-refractivity contribution in [1.82, 2.24) is 0 Å². The van der Waals surface area contributed by atoms with Gasteiger partial charge in [-0.3, -0.25) is 0 Å². The number of nitrogens with zero attached hydrogens (tertiary/aromatic N) is 1. The van der Waals surface area contributed by atoms with Gasteiger partial charge in [0.1, 0.15) is 5.82 Å². The predicted molar refractivity (Wildman–Crippen MR) is 62.4 cm³/mol. The van der Waals surface area contributed by atoms with Crippen molar-refractivity contribution in [3.8, 4) is 6.07 Å². The third kappa shape index (κ3) is 2.18. The molecule has 3 unspecified atom stereocenters. The minimum Gasteiger partial charge on any atom is -0.387 e. The quantitative estimate of drug-likeness (QED) is 0.852. The minimum atomic E-state index is -0.821. The van der Waals surface area contributed by atoms with Crippen molar-refractivity contribution in [3.05, 3.63) is 35.6 Å². The van der Waals surface area contributed by atoms with E-state index in [1.807, 2.05) is 0 Å². The van der Waals surface area contributed by atoms with Gasteiger partial charge in [-0.25, -0.2) is 4.39 Å². The molecule has 0 amide bonds. The molecule has 90 valence electrons. The summed E-state index contributed by atoms with van der Waals surface area (Å²) < 4.78 is 12.8. The predicted octanol–water partition coefficient (Wildman–Crippen LogP) is 3.19. The summed E-state index contributed by atoms with van der Waals surface area (Å²) >= 11 is 0. The van der Waals surface area contributed by atoms with Crippen LogP contribution >= 0.6 is 0 Å². The van der Waals surface area contributed by atoms with Gasteiger partial charge in [0.25, 0.3) is 0 Å². The smallest absolute Gasteiger partial charge is 0.123 e. The van der Waals surface area contributed by atoms with Crippen molar-refractivity contribution >= 4 is 0 Å². The van der Waals surface area contributed by atoms with E-state index in [1.54, 1.807) is 12.1 Å². The van der Waals surface area contributed by atoms with E-state index in [-0.39, 0.29) is 5.82 Å². The molecule has 1 N–H and O–H groups in total. The highest BCUT2D eigenvalue weighted by Crippen LogP contribution is 2.49. The Bertz CT molecular complexity index is 437. The van der Waals surface area contributed by atoms with Crippen molar-refractivity contribution in [2.75, 3.05) is 0 Å². The van der Waals surface area contributed by atoms with E-state index in [9.17, 15) is 14.8 Å². The second kappa shape index (κ2) is 4.46. The number of aliphatic hydroxyl groups is 1. The van der Waals surface area contributed by atoms with Crippen LogP contribution in [0, 0.1) is 28.5 Å². The molecule has 0 saturated heterocycles. The van der Waals surface area contributed by atoms with Crippen LogP contribution in [-0.4, -0.2) is 5.11 Å². The number of hydrogen-bond donors (Lipinski definition) is 1. The second-order valence-corrected chi connectivity index (χ2v) is 5.07. The summed E-state index contributed by atoms with van der Waals surface area (Å²) in [5, 5.41) is 19.7. The Labute approximate surface area is 101 Å². The summed E-state index contributed by atoms with van der Waals surface area (Å²) in [6.07, 6.45) is 1.56. The second-order valence-electron chi connectivity index (χ2n) is 5.07. The fourth-order valence-corrected chi connectivity index (χ4v) is 2.71. The first kappa shape index (κ1) is 12.1. The molecule has 1 saturated carbocycles. The standard InChI is InChI=1S/C14H16FNO/c1-10-6-7-14(8-10,9-16)13(17)11-2-4-12(15)5-3-11/h2-5,10,13,17H,6-8H2,1H3. The van der Waals surface area contributed by atoms with E-state index in [1.165, 1.54) is 12.1 Å². The van der Waals surface area contributed by atoms with Gasteiger partial charge < -0.3 is 5.11 Å². The van der Waals surface area contributed by atoms with Gasteiger partial charge in [0.2, 0.25) is 0 Å². The van der Waals surface area contributed by atoms with Crippen molar-refractivity contribution in [2.24, 2.45) is 11.3 Å². The normalized spacial score (nSPS) is 29.9. The first-order chi connectivity index (χ1) is 8.07. The lowest BCUT2D eigenvalue weighted by atomic mass is 9.78. The van der Waals surface area contributed by atoms with Crippen LogP contribution in [0.3, 0.4) is 0 Å². The molecule has 0 radical (unpaired) electrons. The maximum absolute atomic E-state index is 12.8. The van der Waals surface area contributed by atoms with E-state index in [2.05, 4.69) is 13.0 Å². The SMILES string of the molecule is CC1CCC(C#N)(C(O)c2ccc(F)cc2)C1. The average molecular weight is 233 g/mol. The lowest BCUT2D eigenvalue weighted by Crippen LogP contribution is -2.24. The van der Waals surface area contributed by atoms with Gasteiger partial charge in [0.05, 0.1) is 17.6 Å². The van der Waals surface area contributed by atoms with Gasteiger partial charge in [0.15, 0.2) is 0 Å². The van der Waals surface area contributed by atoms with Crippen LogP contribution in [0.1, 0.15) is 37.9 Å². The number of rotatable bonds is 2. The maximum Gasteiger partial charge on any atom is 0.123 e. The molecule has 2 rings (SSSR count). The van der Waals surface area contributed by atoms with Crippen molar-refractivity contribution in [3.63, 3.8) is 0 Å². The maximum atomic E-state index is 12.8. The Kier molecular flexibility index (Phi) is 3.17. The lowest BCUT2D eigenvalue weighted by Gasteiger charge is -2.27. The van der Waals surface area contributed by atoms with Crippen molar-refractivity contribution in [1.29, 1.82) is 5.26 Å². The average Bonchev–Trinajstić information content (AvgIpc) is 2.72. The molecule has 1 fully saturated rings. The molecule has 1 aliphatic carbocycles. The molecule has 3 atom stereocenters. The van der Waals surface area contributed by atoms with E-state index < -0.39 is 11.5 Å². The zero-order chi connectivity index (χ0) is 12.5. The molecule has 1 aromatic rings. The Morgan fingerprint density at radius 3 is 2.59 bits per heavy atom. The summed E-state index contributed by atoms with van der Waals surface area (Å²) in [7, 11) is 0. The van der Waals surface area contributed by atoms with Crippen LogP contribution in [0.15, 0.2) is 24.3 Å². The summed E-state index contributed by atoms with van der Waals surface area (Å²) in [4.78, 5) is 0. The molecule has 0 heterocycles. The summed E-state index contributed by atoms with van der Waals surface area (Å²) in [6.45, 7) is 2.09. The summed E-state index contributed by atoms with van der Waals surface area (Å²) in [5.41, 5.74) is -0.0703. The molecule has 0 aliphatic heterocycles. The van der Waals surface area contributed by atoms with Gasteiger partial charge in [-0.05, 0) is 42.9 Å². The van der Waals surface area contributed by atoms with Crippen LogP contribution in [0.2, 0.25) is 0 Å². The number of aliphatic hydroxyl groups excluding tert-OH is 1. The fourth-order valence-electron chi connectivity index (χ4n) is 2.71. The Morgan fingerprint density at radius 2 is 2.12 bits per heavy atom. The van der Waals surface area contributed by atoms with Crippen molar-refractivity contribution < 1.29 is 9.50 Å². The molecule has 1 aliphatic rings. The third-order valence-corrected chi connectivity index (χ3v) is 3.73. The van der Waals surface area contributed by atoms with Gasteiger partial charge in [-0.1, -0.05) is 19.1 Å². The molecule has 17 heavy (non-hydrogen) atoms. The molecule has 0 aromatic heterocycles. The molecule has 3 heteroatoms. The Morgan fingerprint density at radius 1 is 1.47 bits per heavy atom. The molecule has 0 bridgehead atoms. The number of hydrogen-bond acceptors (Lipinski definition) is 2. The first-order valence-electron chi connectivity index (χ1n) is 5.92. The molecule has 0 spiro atoms. The minimum absolute atomic E-state index is 0.327. The molecular formula is C14H16FNO. The number of nitriles is 1. The topological polar surface area (TPSA) is 44.0 Å². The van der Waals surface area contributed by atoms with Gasteiger partial charge in [-0.15, -0.1) is 0 Å². The van der Waals surface area contributed by atoms with Crippen LogP contribution in [0.4, 0.5) is 4.39 Å². The highest BCUT2D eigenvalue weighted by atomic mass is 19.1. The lowest BCUT2D eigenvalue weighted by molar-refractivity contribution is 0.0646. The van der Waals surface area contributed by atoms with Gasteiger partial charge in [0, 0.05) is 0 Å². The third-order valence-electron chi connectivity index (χ3n) is 3.73. The monoisotopic (exact) mass is 233 g/mol. The molecule has 2 nitrogen and oxygen atoms in total. The molecule has 1 aromatic carbocycles. The van der Waals surface area contributed by atoms with Crippen LogP contribution < -0.4 is 0 Å². The summed E-state index contributed by atoms with van der Waals surface area (Å²) in [6, 6.07) is 8.04. The highest BCUT2D eigenvalue weighted by molar-refractivity contribution is 5.24. The zero-order valence-electron chi connectivity index (χ0n) is 9.86. The van der Waals surface area contributed by atoms with E-state index in [0.29, 0.717) is 24.3 Å². The largest absolute Gasteiger partial charge is 0.387 e. The Balaban J connectivity index is 2.27. The zero-order valence-corrected chi connectivity index (χ0v) is 9.86. The summed E-state index contributed by atoms with van der Waals surface area (Å²) in [5.74, 6) is 0.136. The number of benzene rings is 1. The van der Waals surface area contributed by atoms with Gasteiger partial charge >= 0.3 is 0 Å². The molecular weight excluding hydrogens is 217 g/mol. The highest BCUT2D eigenvalue weighted by Gasteiger charge is 2.44. The van der Waals surface area contributed by atoms with Crippen molar-refractivity contribution in [2.45, 2.75) is 32.3 Å². The number of halogens is 1. The van der Waals surface area contributed by atoms with Crippen LogP contribution in [0.5, 0.6) is 0 Å².